The van der Waals surface area contributed by atoms with E-state index in [0.717, 1.165) is 35.8 Å². The molecule has 0 bridgehead atoms. The number of nitrogens with zero attached hydrogens (tertiary/aromatic N) is 1. The number of carbonyl (C=O) groups excluding carboxylic acids is 1. The Balaban J connectivity index is 1.32. The standard InChI is InChI=1S/C23H21ClN2O/c24-21-9-5-17(6-10-21)13-14-25-23(27)18-7-11-22(12-8-18)26-15-19-3-1-2-4-20(19)16-26/h1-12H,13-16H2,(H,25,27). The highest BCUT2D eigenvalue weighted by molar-refractivity contribution is 6.30. The highest BCUT2D eigenvalue weighted by Crippen LogP contribution is 2.28. The van der Waals surface area contributed by atoms with Gasteiger partial charge in [-0.1, -0.05) is 48.0 Å². The summed E-state index contributed by atoms with van der Waals surface area (Å²) in [6.45, 7) is 2.44. The fourth-order valence-corrected chi connectivity index (χ4v) is 3.54. The maximum absolute atomic E-state index is 12.4. The minimum atomic E-state index is -0.0415. The average Bonchev–Trinajstić information content (AvgIpc) is 3.14. The lowest BCUT2D eigenvalue weighted by atomic mass is 10.1. The quantitative estimate of drug-likeness (QED) is 0.691. The van der Waals surface area contributed by atoms with Crippen LogP contribution in [0.5, 0.6) is 0 Å². The molecule has 1 N–H and O–H groups in total. The Labute approximate surface area is 164 Å². The highest BCUT2D eigenvalue weighted by atomic mass is 35.5. The lowest BCUT2D eigenvalue weighted by Crippen LogP contribution is -2.25. The Morgan fingerprint density at radius 3 is 2.15 bits per heavy atom. The molecule has 3 aromatic carbocycles. The van der Waals surface area contributed by atoms with Crippen LogP contribution in [-0.2, 0) is 19.5 Å². The van der Waals surface area contributed by atoms with Gasteiger partial charge in [0.2, 0.25) is 0 Å². The summed E-state index contributed by atoms with van der Waals surface area (Å²) in [5.74, 6) is -0.0415. The van der Waals surface area contributed by atoms with Gasteiger partial charge in [-0.3, -0.25) is 4.79 Å². The van der Waals surface area contributed by atoms with Crippen molar-refractivity contribution in [3.63, 3.8) is 0 Å². The number of nitrogens with one attached hydrogen (secondary N) is 1. The summed E-state index contributed by atoms with van der Waals surface area (Å²) in [4.78, 5) is 14.7. The number of hydrogen-bond donors (Lipinski definition) is 1. The van der Waals surface area contributed by atoms with E-state index in [2.05, 4.69) is 34.5 Å². The highest BCUT2D eigenvalue weighted by Gasteiger charge is 2.18. The summed E-state index contributed by atoms with van der Waals surface area (Å²) in [5, 5.41) is 3.71. The Morgan fingerprint density at radius 2 is 1.52 bits per heavy atom. The third kappa shape index (κ3) is 4.15. The minimum absolute atomic E-state index is 0.0415. The fraction of sp³-hybridized carbons (Fsp3) is 0.174. The van der Waals surface area contributed by atoms with E-state index in [9.17, 15) is 4.79 Å². The van der Waals surface area contributed by atoms with Crippen LogP contribution in [0.25, 0.3) is 0 Å². The topological polar surface area (TPSA) is 32.3 Å². The van der Waals surface area contributed by atoms with Gasteiger partial charge in [-0.15, -0.1) is 0 Å². The molecule has 1 heterocycles. The third-order valence-corrected chi connectivity index (χ3v) is 5.20. The second-order valence-electron chi connectivity index (χ2n) is 6.80. The van der Waals surface area contributed by atoms with Crippen molar-refractivity contribution < 1.29 is 4.79 Å². The molecule has 0 unspecified atom stereocenters. The molecule has 1 aliphatic heterocycles. The predicted molar refractivity (Wildman–Crippen MR) is 110 cm³/mol. The summed E-state index contributed by atoms with van der Waals surface area (Å²) in [5.41, 5.74) is 5.74. The van der Waals surface area contributed by atoms with Crippen LogP contribution in [0.15, 0.2) is 72.8 Å². The molecule has 136 valence electrons. The van der Waals surface area contributed by atoms with Gasteiger partial charge < -0.3 is 10.2 Å². The number of halogens is 1. The minimum Gasteiger partial charge on any atom is -0.363 e. The summed E-state index contributed by atoms with van der Waals surface area (Å²) < 4.78 is 0. The predicted octanol–water partition coefficient (Wildman–Crippen LogP) is 4.83. The van der Waals surface area contributed by atoms with Crippen molar-refractivity contribution in [2.45, 2.75) is 19.5 Å². The zero-order valence-electron chi connectivity index (χ0n) is 15.0. The van der Waals surface area contributed by atoms with E-state index in [0.29, 0.717) is 12.1 Å². The lowest BCUT2D eigenvalue weighted by molar-refractivity contribution is 0.0954. The molecule has 0 fully saturated rings. The van der Waals surface area contributed by atoms with Crippen molar-refractivity contribution in [3.05, 3.63) is 100 Å². The van der Waals surface area contributed by atoms with Gasteiger partial charge in [0.1, 0.15) is 0 Å². The van der Waals surface area contributed by atoms with Gasteiger partial charge in [0.25, 0.3) is 5.91 Å². The first-order valence-electron chi connectivity index (χ1n) is 9.13. The Hall–Kier alpha value is -2.78. The Bertz CT molecular complexity index is 910. The van der Waals surface area contributed by atoms with E-state index in [4.69, 9.17) is 11.6 Å². The van der Waals surface area contributed by atoms with Crippen LogP contribution in [0.2, 0.25) is 5.02 Å². The van der Waals surface area contributed by atoms with Crippen LogP contribution in [0.3, 0.4) is 0 Å². The first-order valence-corrected chi connectivity index (χ1v) is 9.51. The number of anilines is 1. The van der Waals surface area contributed by atoms with Crippen molar-refractivity contribution >= 4 is 23.2 Å². The molecule has 3 nitrogen and oxygen atoms in total. The van der Waals surface area contributed by atoms with Gasteiger partial charge in [0, 0.05) is 35.9 Å². The Morgan fingerprint density at radius 1 is 0.889 bits per heavy atom. The third-order valence-electron chi connectivity index (χ3n) is 4.95. The average molecular weight is 377 g/mol. The zero-order chi connectivity index (χ0) is 18.6. The van der Waals surface area contributed by atoms with E-state index < -0.39 is 0 Å². The van der Waals surface area contributed by atoms with Crippen molar-refractivity contribution in [1.82, 2.24) is 5.32 Å². The Kier molecular flexibility index (Phi) is 5.12. The van der Waals surface area contributed by atoms with E-state index in [1.54, 1.807) is 0 Å². The SMILES string of the molecule is O=C(NCCc1ccc(Cl)cc1)c1ccc(N2Cc3ccccc3C2)cc1. The van der Waals surface area contributed by atoms with Gasteiger partial charge >= 0.3 is 0 Å². The van der Waals surface area contributed by atoms with Crippen molar-refractivity contribution in [2.24, 2.45) is 0 Å². The molecular weight excluding hydrogens is 356 g/mol. The van der Waals surface area contributed by atoms with Crippen LogP contribution < -0.4 is 10.2 Å². The summed E-state index contributed by atoms with van der Waals surface area (Å²) >= 11 is 5.89. The molecule has 4 heteroatoms. The molecule has 0 spiro atoms. The molecule has 0 aromatic heterocycles. The normalized spacial score (nSPS) is 12.7. The molecule has 1 amide bonds. The number of hydrogen-bond acceptors (Lipinski definition) is 2. The summed E-state index contributed by atoms with van der Waals surface area (Å²) in [7, 11) is 0. The van der Waals surface area contributed by atoms with Crippen molar-refractivity contribution in [1.29, 1.82) is 0 Å². The molecule has 0 saturated carbocycles. The van der Waals surface area contributed by atoms with E-state index in [-0.39, 0.29) is 5.91 Å². The first-order chi connectivity index (χ1) is 13.2. The van der Waals surface area contributed by atoms with Gasteiger partial charge in [-0.25, -0.2) is 0 Å². The van der Waals surface area contributed by atoms with Crippen molar-refractivity contribution in [2.75, 3.05) is 11.4 Å². The van der Waals surface area contributed by atoms with Crippen molar-refractivity contribution in [3.8, 4) is 0 Å². The number of carbonyl (C=O) groups is 1. The molecule has 27 heavy (non-hydrogen) atoms. The number of benzene rings is 3. The second kappa shape index (κ2) is 7.85. The molecular formula is C23H21ClN2O. The van der Waals surface area contributed by atoms with Gasteiger partial charge in [-0.05, 0) is 59.5 Å². The van der Waals surface area contributed by atoms with Crippen LogP contribution in [0.1, 0.15) is 27.0 Å². The molecule has 3 aromatic rings. The molecule has 4 rings (SSSR count). The summed E-state index contributed by atoms with van der Waals surface area (Å²) in [6.07, 6.45) is 0.785. The second-order valence-corrected chi connectivity index (χ2v) is 7.24. The maximum Gasteiger partial charge on any atom is 0.251 e. The van der Waals surface area contributed by atoms with Crippen LogP contribution in [0.4, 0.5) is 5.69 Å². The van der Waals surface area contributed by atoms with E-state index >= 15 is 0 Å². The molecule has 1 aliphatic rings. The first kappa shape index (κ1) is 17.6. The number of rotatable bonds is 5. The largest absolute Gasteiger partial charge is 0.363 e. The van der Waals surface area contributed by atoms with Crippen LogP contribution >= 0.6 is 11.6 Å². The van der Waals surface area contributed by atoms with Gasteiger partial charge in [-0.2, -0.15) is 0 Å². The van der Waals surface area contributed by atoms with Gasteiger partial charge in [0.15, 0.2) is 0 Å². The van der Waals surface area contributed by atoms with Crippen LogP contribution in [0, 0.1) is 0 Å². The molecule has 0 atom stereocenters. The van der Waals surface area contributed by atoms with Gasteiger partial charge in [0.05, 0.1) is 0 Å². The number of fused-ring (bicyclic) bond motifs is 1. The summed E-state index contributed by atoms with van der Waals surface area (Å²) in [6, 6.07) is 24.1. The number of amides is 1. The smallest absolute Gasteiger partial charge is 0.251 e. The van der Waals surface area contributed by atoms with E-state index in [1.165, 1.54) is 11.1 Å². The van der Waals surface area contributed by atoms with E-state index in [1.807, 2.05) is 48.5 Å². The zero-order valence-corrected chi connectivity index (χ0v) is 15.7. The van der Waals surface area contributed by atoms with Crippen LogP contribution in [-0.4, -0.2) is 12.5 Å². The fourth-order valence-electron chi connectivity index (χ4n) is 3.41. The molecule has 0 saturated heterocycles. The lowest BCUT2D eigenvalue weighted by Gasteiger charge is -2.18. The molecule has 0 aliphatic carbocycles. The molecule has 0 radical (unpaired) electrons. The maximum atomic E-state index is 12.4. The monoisotopic (exact) mass is 376 g/mol.